The molecule has 1 aliphatic carbocycles. The highest BCUT2D eigenvalue weighted by Gasteiger charge is 2.24. The Morgan fingerprint density at radius 2 is 2.29 bits per heavy atom. The molecule has 1 aliphatic rings. The third kappa shape index (κ3) is 1.23. The van der Waals surface area contributed by atoms with E-state index in [-0.39, 0.29) is 0 Å². The zero-order chi connectivity index (χ0) is 9.54. The Labute approximate surface area is 87.3 Å². The van der Waals surface area contributed by atoms with E-state index in [9.17, 15) is 0 Å². The topological polar surface area (TPSA) is 17.8 Å². The van der Waals surface area contributed by atoms with Gasteiger partial charge < -0.3 is 4.57 Å². The van der Waals surface area contributed by atoms with Crippen molar-refractivity contribution in [1.82, 2.24) is 9.55 Å². The van der Waals surface area contributed by atoms with Crippen LogP contribution >= 0.6 is 11.8 Å². The van der Waals surface area contributed by atoms with Gasteiger partial charge in [0.1, 0.15) is 0 Å². The molecular formula is C11H12N2S. The van der Waals surface area contributed by atoms with Crippen LogP contribution in [0.2, 0.25) is 0 Å². The Balaban J connectivity index is 2.20. The lowest BCUT2D eigenvalue weighted by Gasteiger charge is -2.01. The number of rotatable bonds is 2. The summed E-state index contributed by atoms with van der Waals surface area (Å²) in [5.74, 6) is 0. The van der Waals surface area contributed by atoms with Gasteiger partial charge in [0.05, 0.1) is 17.4 Å². The zero-order valence-electron chi connectivity index (χ0n) is 8.10. The molecule has 14 heavy (non-hydrogen) atoms. The van der Waals surface area contributed by atoms with Crippen LogP contribution in [0.1, 0.15) is 18.9 Å². The summed E-state index contributed by atoms with van der Waals surface area (Å²) in [6.07, 6.45) is 6.72. The molecule has 72 valence electrons. The van der Waals surface area contributed by atoms with E-state index >= 15 is 0 Å². The molecule has 0 N–H and O–H groups in total. The van der Waals surface area contributed by atoms with Crippen LogP contribution in [-0.2, 0) is 0 Å². The van der Waals surface area contributed by atoms with E-state index in [0.29, 0.717) is 0 Å². The molecule has 2 nitrogen and oxygen atoms in total. The van der Waals surface area contributed by atoms with Gasteiger partial charge in [0.15, 0.2) is 0 Å². The van der Waals surface area contributed by atoms with E-state index in [2.05, 4.69) is 34.0 Å². The van der Waals surface area contributed by atoms with Gasteiger partial charge in [-0.2, -0.15) is 0 Å². The number of hydrogen-bond donors (Lipinski definition) is 0. The molecule has 0 saturated heterocycles. The molecule has 1 saturated carbocycles. The Kier molecular flexibility index (Phi) is 1.80. The molecule has 1 aromatic heterocycles. The number of nitrogens with zero attached hydrogens (tertiary/aromatic N) is 2. The van der Waals surface area contributed by atoms with Crippen LogP contribution in [0.3, 0.4) is 0 Å². The van der Waals surface area contributed by atoms with Crippen LogP contribution in [0.25, 0.3) is 11.0 Å². The van der Waals surface area contributed by atoms with Crippen molar-refractivity contribution in [1.29, 1.82) is 0 Å². The summed E-state index contributed by atoms with van der Waals surface area (Å²) in [4.78, 5) is 5.73. The summed E-state index contributed by atoms with van der Waals surface area (Å²) in [5.41, 5.74) is 2.41. The van der Waals surface area contributed by atoms with Crippen LogP contribution < -0.4 is 0 Å². The standard InChI is InChI=1S/C11H12N2S/c1-14-9-4-5-10-11(6-9)13(7-12-10)8-2-3-8/h4-8H,2-3H2,1H3. The molecule has 3 rings (SSSR count). The number of benzene rings is 1. The summed E-state index contributed by atoms with van der Waals surface area (Å²) in [5, 5.41) is 0. The van der Waals surface area contributed by atoms with Gasteiger partial charge in [-0.1, -0.05) is 0 Å². The van der Waals surface area contributed by atoms with Crippen molar-refractivity contribution < 1.29 is 0 Å². The molecule has 0 unspecified atom stereocenters. The predicted molar refractivity (Wildman–Crippen MR) is 59.8 cm³/mol. The second kappa shape index (κ2) is 3.02. The number of fused-ring (bicyclic) bond motifs is 1. The van der Waals surface area contributed by atoms with Crippen LogP contribution in [0.5, 0.6) is 0 Å². The van der Waals surface area contributed by atoms with Gasteiger partial charge in [-0.05, 0) is 37.3 Å². The fraction of sp³-hybridized carbons (Fsp3) is 0.364. The number of aromatic nitrogens is 2. The minimum atomic E-state index is 0.720. The Morgan fingerprint density at radius 3 is 3.00 bits per heavy atom. The van der Waals surface area contributed by atoms with Crippen molar-refractivity contribution in [3.05, 3.63) is 24.5 Å². The maximum Gasteiger partial charge on any atom is 0.0960 e. The van der Waals surface area contributed by atoms with E-state index in [1.807, 2.05) is 6.33 Å². The molecule has 0 spiro atoms. The van der Waals surface area contributed by atoms with Gasteiger partial charge in [0.25, 0.3) is 0 Å². The first-order chi connectivity index (χ1) is 6.88. The van der Waals surface area contributed by atoms with Crippen molar-refractivity contribution in [2.75, 3.05) is 6.26 Å². The summed E-state index contributed by atoms with van der Waals surface area (Å²) in [7, 11) is 0. The lowest BCUT2D eigenvalue weighted by molar-refractivity contribution is 0.765. The highest BCUT2D eigenvalue weighted by atomic mass is 32.2. The Hall–Kier alpha value is -0.960. The molecule has 2 aromatic rings. The molecule has 1 heterocycles. The minimum Gasteiger partial charge on any atom is -0.327 e. The highest BCUT2D eigenvalue weighted by molar-refractivity contribution is 7.98. The fourth-order valence-corrected chi connectivity index (χ4v) is 2.21. The van der Waals surface area contributed by atoms with E-state index < -0.39 is 0 Å². The lowest BCUT2D eigenvalue weighted by atomic mass is 10.3. The van der Waals surface area contributed by atoms with E-state index in [1.54, 1.807) is 11.8 Å². The summed E-state index contributed by atoms with van der Waals surface area (Å²) >= 11 is 1.79. The first-order valence-electron chi connectivity index (χ1n) is 4.89. The number of imidazole rings is 1. The summed E-state index contributed by atoms with van der Waals surface area (Å²) in [6, 6.07) is 7.21. The van der Waals surface area contributed by atoms with Crippen LogP contribution in [-0.4, -0.2) is 15.8 Å². The predicted octanol–water partition coefficient (Wildman–Crippen LogP) is 3.09. The molecule has 0 aliphatic heterocycles. The Morgan fingerprint density at radius 1 is 1.43 bits per heavy atom. The maximum atomic E-state index is 4.41. The van der Waals surface area contributed by atoms with Crippen molar-refractivity contribution in [3.8, 4) is 0 Å². The molecular weight excluding hydrogens is 192 g/mol. The third-order valence-electron chi connectivity index (χ3n) is 2.72. The first kappa shape index (κ1) is 8.36. The van der Waals surface area contributed by atoms with Crippen LogP contribution in [0, 0.1) is 0 Å². The molecule has 3 heteroatoms. The third-order valence-corrected chi connectivity index (χ3v) is 3.45. The second-order valence-corrected chi connectivity index (χ2v) is 4.62. The van der Waals surface area contributed by atoms with E-state index in [4.69, 9.17) is 0 Å². The van der Waals surface area contributed by atoms with E-state index in [1.165, 1.54) is 23.3 Å². The van der Waals surface area contributed by atoms with Gasteiger partial charge in [-0.15, -0.1) is 11.8 Å². The van der Waals surface area contributed by atoms with Crippen molar-refractivity contribution in [3.63, 3.8) is 0 Å². The molecule has 0 radical (unpaired) electrons. The molecule has 0 amide bonds. The zero-order valence-corrected chi connectivity index (χ0v) is 8.92. The average molecular weight is 204 g/mol. The SMILES string of the molecule is CSc1ccc2ncn(C3CC3)c2c1. The lowest BCUT2D eigenvalue weighted by Crippen LogP contribution is -1.90. The quantitative estimate of drug-likeness (QED) is 0.699. The normalized spacial score (nSPS) is 16.4. The molecule has 0 bridgehead atoms. The summed E-state index contributed by atoms with van der Waals surface area (Å²) in [6.45, 7) is 0. The smallest absolute Gasteiger partial charge is 0.0960 e. The first-order valence-corrected chi connectivity index (χ1v) is 6.11. The van der Waals surface area contributed by atoms with Gasteiger partial charge >= 0.3 is 0 Å². The molecule has 1 aromatic carbocycles. The van der Waals surface area contributed by atoms with Crippen LogP contribution in [0.4, 0.5) is 0 Å². The van der Waals surface area contributed by atoms with Crippen molar-refractivity contribution >= 4 is 22.8 Å². The highest BCUT2D eigenvalue weighted by Crippen LogP contribution is 2.37. The van der Waals surface area contributed by atoms with Gasteiger partial charge in [-0.25, -0.2) is 4.98 Å². The van der Waals surface area contributed by atoms with Gasteiger partial charge in [-0.3, -0.25) is 0 Å². The second-order valence-electron chi connectivity index (χ2n) is 3.74. The fourth-order valence-electron chi connectivity index (χ4n) is 1.78. The number of hydrogen-bond acceptors (Lipinski definition) is 2. The van der Waals surface area contributed by atoms with Gasteiger partial charge in [0, 0.05) is 10.9 Å². The minimum absolute atomic E-state index is 0.720. The van der Waals surface area contributed by atoms with Crippen LogP contribution in [0.15, 0.2) is 29.4 Å². The number of thioether (sulfide) groups is 1. The van der Waals surface area contributed by atoms with Crippen molar-refractivity contribution in [2.45, 2.75) is 23.8 Å². The monoisotopic (exact) mass is 204 g/mol. The average Bonchev–Trinajstić information content (AvgIpc) is 2.98. The Bertz CT molecular complexity index is 471. The summed E-state index contributed by atoms with van der Waals surface area (Å²) < 4.78 is 2.31. The maximum absolute atomic E-state index is 4.41. The van der Waals surface area contributed by atoms with Gasteiger partial charge in [0.2, 0.25) is 0 Å². The largest absolute Gasteiger partial charge is 0.327 e. The van der Waals surface area contributed by atoms with Crippen molar-refractivity contribution in [2.24, 2.45) is 0 Å². The molecule has 1 fully saturated rings. The van der Waals surface area contributed by atoms with E-state index in [0.717, 1.165) is 11.6 Å². The molecule has 0 atom stereocenters.